The fourth-order valence-corrected chi connectivity index (χ4v) is 1.31. The third-order valence-electron chi connectivity index (χ3n) is 2.31. The van der Waals surface area contributed by atoms with Gasteiger partial charge in [0.25, 0.3) is 0 Å². The van der Waals surface area contributed by atoms with Crippen molar-refractivity contribution in [1.29, 1.82) is 0 Å². The number of ether oxygens (including phenoxy) is 2. The second-order valence-corrected chi connectivity index (χ2v) is 4.54. The van der Waals surface area contributed by atoms with E-state index >= 15 is 0 Å². The summed E-state index contributed by atoms with van der Waals surface area (Å²) in [6, 6.07) is 0. The summed E-state index contributed by atoms with van der Waals surface area (Å²) >= 11 is 0. The van der Waals surface area contributed by atoms with Gasteiger partial charge in [0.15, 0.2) is 0 Å². The quantitative estimate of drug-likeness (QED) is 0.273. The van der Waals surface area contributed by atoms with E-state index in [1.165, 1.54) is 13.8 Å². The monoisotopic (exact) mass is 342 g/mol. The Morgan fingerprint density at radius 1 is 0.750 bits per heavy atom. The molecule has 24 heavy (non-hydrogen) atoms. The minimum Gasteiger partial charge on any atom is -0.466 e. The summed E-state index contributed by atoms with van der Waals surface area (Å²) in [4.78, 5) is 45.4. The highest BCUT2D eigenvalue weighted by molar-refractivity contribution is 6.35. The zero-order chi connectivity index (χ0) is 18.5. The smallest absolute Gasteiger partial charge is 0.331 e. The van der Waals surface area contributed by atoms with Crippen LogP contribution in [0.25, 0.3) is 0 Å². The average Bonchev–Trinajstić information content (AvgIpc) is 2.50. The maximum Gasteiger partial charge on any atom is 0.331 e. The average molecular weight is 342 g/mol. The fourth-order valence-electron chi connectivity index (χ4n) is 1.31. The van der Waals surface area contributed by atoms with E-state index in [2.05, 4.69) is 10.2 Å². The molecule has 0 saturated carbocycles. The first kappa shape index (κ1) is 21.2. The molecule has 0 aromatic rings. The van der Waals surface area contributed by atoms with Gasteiger partial charge < -0.3 is 9.47 Å². The second-order valence-electron chi connectivity index (χ2n) is 4.54. The van der Waals surface area contributed by atoms with Gasteiger partial charge in [0.2, 0.25) is 0 Å². The summed E-state index contributed by atoms with van der Waals surface area (Å²) in [5, 5.41) is 7.20. The molecule has 10 nitrogen and oxygen atoms in total. The van der Waals surface area contributed by atoms with Crippen LogP contribution in [0.1, 0.15) is 40.5 Å². The largest absolute Gasteiger partial charge is 0.466 e. The lowest BCUT2D eigenvalue weighted by molar-refractivity contribution is -0.142. The van der Waals surface area contributed by atoms with Crippen LogP contribution in [0.2, 0.25) is 0 Å². The molecule has 0 aliphatic carbocycles. The Labute approximate surface area is 139 Å². The van der Waals surface area contributed by atoms with E-state index in [0.717, 1.165) is 0 Å². The number of esters is 2. The molecule has 0 spiro atoms. The van der Waals surface area contributed by atoms with E-state index in [-0.39, 0.29) is 37.5 Å². The number of carbonyl (C=O) groups excluding carboxylic acids is 4. The van der Waals surface area contributed by atoms with E-state index in [0.29, 0.717) is 0 Å². The number of hydrazone groups is 2. The highest BCUT2D eigenvalue weighted by Crippen LogP contribution is 1.91. The minimum atomic E-state index is -1.06. The molecular formula is C14H22N4O6. The van der Waals surface area contributed by atoms with Crippen molar-refractivity contribution in [3.05, 3.63) is 0 Å². The van der Waals surface area contributed by atoms with E-state index < -0.39 is 23.8 Å². The standard InChI is InChI=1S/C14H22N4O6/c1-5-23-11(19)7-9(3)15-17-13(21)14(22)18-16-10(4)8-12(20)24-6-2/h5-8H2,1-4H3,(H,17,21)(H,18,22). The topological polar surface area (TPSA) is 136 Å². The van der Waals surface area contributed by atoms with Gasteiger partial charge in [-0.05, 0) is 27.7 Å². The van der Waals surface area contributed by atoms with Gasteiger partial charge in [-0.15, -0.1) is 0 Å². The molecular weight excluding hydrogens is 320 g/mol. The maximum absolute atomic E-state index is 11.5. The van der Waals surface area contributed by atoms with Crippen molar-refractivity contribution < 1.29 is 28.7 Å². The van der Waals surface area contributed by atoms with Crippen LogP contribution in [0.5, 0.6) is 0 Å². The number of amides is 2. The van der Waals surface area contributed by atoms with Crippen molar-refractivity contribution in [2.45, 2.75) is 40.5 Å². The molecule has 0 aliphatic heterocycles. The predicted octanol–water partition coefficient (Wildman–Crippen LogP) is -0.123. The van der Waals surface area contributed by atoms with E-state index in [1.807, 2.05) is 10.9 Å². The Hall–Kier alpha value is -2.78. The number of hydrogen-bond donors (Lipinski definition) is 2. The highest BCUT2D eigenvalue weighted by atomic mass is 16.5. The zero-order valence-electron chi connectivity index (χ0n) is 14.2. The van der Waals surface area contributed by atoms with Crippen LogP contribution in [-0.2, 0) is 28.7 Å². The van der Waals surface area contributed by atoms with Crippen LogP contribution in [0.4, 0.5) is 0 Å². The van der Waals surface area contributed by atoms with Crippen molar-refractivity contribution in [3.8, 4) is 0 Å². The Balaban J connectivity index is 4.34. The molecule has 0 bridgehead atoms. The van der Waals surface area contributed by atoms with E-state index in [9.17, 15) is 19.2 Å². The molecule has 0 rings (SSSR count). The van der Waals surface area contributed by atoms with Crippen LogP contribution >= 0.6 is 0 Å². The molecule has 0 radical (unpaired) electrons. The summed E-state index contributed by atoms with van der Waals surface area (Å²) < 4.78 is 9.43. The molecule has 0 fully saturated rings. The third kappa shape index (κ3) is 10.0. The van der Waals surface area contributed by atoms with Gasteiger partial charge in [0.05, 0.1) is 26.1 Å². The molecule has 0 heterocycles. The Morgan fingerprint density at radius 2 is 1.08 bits per heavy atom. The summed E-state index contributed by atoms with van der Waals surface area (Å²) in [7, 11) is 0. The summed E-state index contributed by atoms with van der Waals surface area (Å²) in [5.74, 6) is -3.11. The van der Waals surface area contributed by atoms with Gasteiger partial charge in [0.1, 0.15) is 0 Å². The number of hydrogen-bond acceptors (Lipinski definition) is 8. The number of nitrogens with one attached hydrogen (secondary N) is 2. The molecule has 0 atom stereocenters. The first-order chi connectivity index (χ1) is 11.3. The molecule has 10 heteroatoms. The fraction of sp³-hybridized carbons (Fsp3) is 0.571. The molecule has 2 amide bonds. The zero-order valence-corrected chi connectivity index (χ0v) is 14.2. The van der Waals surface area contributed by atoms with Crippen LogP contribution < -0.4 is 10.9 Å². The number of rotatable bonds is 8. The molecule has 0 aromatic heterocycles. The van der Waals surface area contributed by atoms with Crippen LogP contribution in [0.15, 0.2) is 10.2 Å². The molecule has 0 aromatic carbocycles. The number of nitrogens with zero attached hydrogens (tertiary/aromatic N) is 2. The van der Waals surface area contributed by atoms with Crippen LogP contribution in [-0.4, -0.2) is 48.4 Å². The first-order valence-corrected chi connectivity index (χ1v) is 7.27. The normalized spacial score (nSPS) is 11.5. The van der Waals surface area contributed by atoms with E-state index in [1.54, 1.807) is 13.8 Å². The SMILES string of the molecule is CCOC(=O)CC(C)=NNC(=O)C(=O)NN=C(C)CC(=O)OCC. The van der Waals surface area contributed by atoms with Gasteiger partial charge in [-0.3, -0.25) is 19.2 Å². The summed E-state index contributed by atoms with van der Waals surface area (Å²) in [6.07, 6.45) is -0.209. The van der Waals surface area contributed by atoms with Gasteiger partial charge in [0, 0.05) is 11.4 Å². The van der Waals surface area contributed by atoms with Crippen LogP contribution in [0.3, 0.4) is 0 Å². The Kier molecular flexibility index (Phi) is 10.4. The highest BCUT2D eigenvalue weighted by Gasteiger charge is 2.13. The van der Waals surface area contributed by atoms with Crippen molar-refractivity contribution in [3.63, 3.8) is 0 Å². The lowest BCUT2D eigenvalue weighted by Crippen LogP contribution is -2.36. The summed E-state index contributed by atoms with van der Waals surface area (Å²) in [5.41, 5.74) is 4.51. The van der Waals surface area contributed by atoms with Gasteiger partial charge in [-0.1, -0.05) is 0 Å². The second kappa shape index (κ2) is 11.7. The third-order valence-corrected chi connectivity index (χ3v) is 2.31. The Morgan fingerprint density at radius 3 is 1.38 bits per heavy atom. The van der Waals surface area contributed by atoms with E-state index in [4.69, 9.17) is 9.47 Å². The lowest BCUT2D eigenvalue weighted by atomic mass is 10.3. The molecule has 2 N–H and O–H groups in total. The number of carbonyl (C=O) groups is 4. The molecule has 134 valence electrons. The maximum atomic E-state index is 11.5. The van der Waals surface area contributed by atoms with Crippen molar-refractivity contribution in [1.82, 2.24) is 10.9 Å². The van der Waals surface area contributed by atoms with Crippen LogP contribution in [0, 0.1) is 0 Å². The Bertz CT molecular complexity index is 493. The van der Waals surface area contributed by atoms with Gasteiger partial charge in [-0.2, -0.15) is 10.2 Å². The van der Waals surface area contributed by atoms with Crippen molar-refractivity contribution in [2.24, 2.45) is 10.2 Å². The predicted molar refractivity (Wildman–Crippen MR) is 85.0 cm³/mol. The molecule has 0 aliphatic rings. The summed E-state index contributed by atoms with van der Waals surface area (Å²) in [6.45, 7) is 6.81. The minimum absolute atomic E-state index is 0.105. The van der Waals surface area contributed by atoms with Gasteiger partial charge in [-0.25, -0.2) is 10.9 Å². The lowest BCUT2D eigenvalue weighted by Gasteiger charge is -2.03. The molecule has 0 saturated heterocycles. The van der Waals surface area contributed by atoms with Crippen molar-refractivity contribution >= 4 is 35.2 Å². The first-order valence-electron chi connectivity index (χ1n) is 7.27. The van der Waals surface area contributed by atoms with Gasteiger partial charge >= 0.3 is 23.8 Å². The van der Waals surface area contributed by atoms with Crippen molar-refractivity contribution in [2.75, 3.05) is 13.2 Å². The molecule has 0 unspecified atom stereocenters.